The van der Waals surface area contributed by atoms with Crippen molar-refractivity contribution in [1.82, 2.24) is 0 Å². The van der Waals surface area contributed by atoms with Crippen molar-refractivity contribution in [2.75, 3.05) is 19.0 Å². The third-order valence-electron chi connectivity index (χ3n) is 2.47. The zero-order valence-electron chi connectivity index (χ0n) is 10.9. The summed E-state index contributed by atoms with van der Waals surface area (Å²) in [6, 6.07) is 0. The second-order valence-corrected chi connectivity index (χ2v) is 6.17. The fraction of sp³-hybridized carbons (Fsp3) is 0.917. The monoisotopic (exact) mass is 278 g/mol. The highest BCUT2D eigenvalue weighted by atomic mass is 32.2. The molecular formula is C12H22O3S2. The van der Waals surface area contributed by atoms with Crippen molar-refractivity contribution in [3.63, 3.8) is 0 Å². The molecule has 1 saturated heterocycles. The molecule has 0 N–H and O–H groups in total. The highest BCUT2D eigenvalue weighted by molar-refractivity contribution is 8.22. The van der Waals surface area contributed by atoms with E-state index in [1.165, 1.54) is 0 Å². The molecule has 1 heterocycles. The van der Waals surface area contributed by atoms with Gasteiger partial charge in [-0.1, -0.05) is 11.8 Å². The van der Waals surface area contributed by atoms with E-state index in [1.54, 1.807) is 11.8 Å². The van der Waals surface area contributed by atoms with Crippen molar-refractivity contribution in [3.05, 3.63) is 0 Å². The van der Waals surface area contributed by atoms with Crippen molar-refractivity contribution in [3.8, 4) is 0 Å². The number of hydrogen-bond donors (Lipinski definition) is 0. The molecule has 0 spiro atoms. The van der Waals surface area contributed by atoms with Crippen LogP contribution in [0.2, 0.25) is 0 Å². The predicted octanol–water partition coefficient (Wildman–Crippen LogP) is 3.36. The summed E-state index contributed by atoms with van der Waals surface area (Å²) < 4.78 is 17.1. The van der Waals surface area contributed by atoms with Gasteiger partial charge in [-0.3, -0.25) is 0 Å². The van der Waals surface area contributed by atoms with Crippen molar-refractivity contribution in [2.45, 2.75) is 51.9 Å². The van der Waals surface area contributed by atoms with Crippen LogP contribution in [-0.2, 0) is 14.2 Å². The summed E-state index contributed by atoms with van der Waals surface area (Å²) in [5.41, 5.74) is 0. The molecule has 0 aromatic carbocycles. The van der Waals surface area contributed by atoms with E-state index >= 15 is 0 Å². The van der Waals surface area contributed by atoms with Crippen LogP contribution in [0, 0.1) is 0 Å². The summed E-state index contributed by atoms with van der Waals surface area (Å²) in [6.45, 7) is 7.25. The standard InChI is InChI=1S/C12H22O3S2/c1-4-13-11(16)17-8-6-5-7-10-9-14-12(2,3)15-10/h10H,4-9H2,1-3H3. The molecule has 1 unspecified atom stereocenters. The van der Waals surface area contributed by atoms with Gasteiger partial charge in [0.25, 0.3) is 0 Å². The zero-order valence-corrected chi connectivity index (χ0v) is 12.5. The Morgan fingerprint density at radius 1 is 1.47 bits per heavy atom. The first-order valence-corrected chi connectivity index (χ1v) is 7.54. The highest BCUT2D eigenvalue weighted by Gasteiger charge is 2.31. The Kier molecular flexibility index (Phi) is 6.77. The molecule has 0 aromatic heterocycles. The van der Waals surface area contributed by atoms with Gasteiger partial charge in [-0.25, -0.2) is 0 Å². The van der Waals surface area contributed by atoms with Gasteiger partial charge in [0.05, 0.1) is 19.3 Å². The van der Waals surface area contributed by atoms with Crippen LogP contribution in [-0.4, -0.2) is 35.2 Å². The molecule has 100 valence electrons. The molecule has 0 radical (unpaired) electrons. The summed E-state index contributed by atoms with van der Waals surface area (Å²) in [5, 5.41) is 0. The van der Waals surface area contributed by atoms with Gasteiger partial charge in [0.1, 0.15) is 0 Å². The van der Waals surface area contributed by atoms with Crippen LogP contribution in [0.1, 0.15) is 40.0 Å². The van der Waals surface area contributed by atoms with E-state index in [2.05, 4.69) is 0 Å². The van der Waals surface area contributed by atoms with Gasteiger partial charge < -0.3 is 14.2 Å². The van der Waals surface area contributed by atoms with Crippen LogP contribution in [0.15, 0.2) is 0 Å². The van der Waals surface area contributed by atoms with E-state index in [-0.39, 0.29) is 6.10 Å². The number of rotatable bonds is 6. The van der Waals surface area contributed by atoms with Gasteiger partial charge in [-0.05, 0) is 52.3 Å². The molecule has 17 heavy (non-hydrogen) atoms. The minimum absolute atomic E-state index is 0.258. The van der Waals surface area contributed by atoms with E-state index in [9.17, 15) is 0 Å². The van der Waals surface area contributed by atoms with E-state index in [0.29, 0.717) is 11.0 Å². The molecule has 1 rings (SSSR count). The summed E-state index contributed by atoms with van der Waals surface area (Å²) in [4.78, 5) is 0. The van der Waals surface area contributed by atoms with E-state index in [0.717, 1.165) is 31.6 Å². The summed E-state index contributed by atoms with van der Waals surface area (Å²) in [7, 11) is 0. The Bertz CT molecular complexity index is 244. The first-order chi connectivity index (χ1) is 8.03. The van der Waals surface area contributed by atoms with Gasteiger partial charge in [-0.2, -0.15) is 0 Å². The van der Waals surface area contributed by atoms with Crippen molar-refractivity contribution in [2.24, 2.45) is 0 Å². The molecule has 1 atom stereocenters. The molecule has 3 nitrogen and oxygen atoms in total. The molecule has 1 aliphatic rings. The van der Waals surface area contributed by atoms with Crippen molar-refractivity contribution >= 4 is 28.4 Å². The molecule has 1 fully saturated rings. The maximum atomic E-state index is 5.74. The van der Waals surface area contributed by atoms with Crippen LogP contribution in [0.25, 0.3) is 0 Å². The molecule has 0 amide bonds. The average molecular weight is 278 g/mol. The maximum Gasteiger partial charge on any atom is 0.219 e. The lowest BCUT2D eigenvalue weighted by molar-refractivity contribution is -0.139. The molecule has 1 aliphatic heterocycles. The Balaban J connectivity index is 1.96. The quantitative estimate of drug-likeness (QED) is 0.548. The summed E-state index contributed by atoms with van der Waals surface area (Å²) in [5.74, 6) is 0.631. The van der Waals surface area contributed by atoms with Crippen LogP contribution < -0.4 is 0 Å². The fourth-order valence-electron chi connectivity index (χ4n) is 1.69. The van der Waals surface area contributed by atoms with E-state index < -0.39 is 5.79 Å². The molecule has 0 bridgehead atoms. The van der Waals surface area contributed by atoms with Gasteiger partial charge in [0.2, 0.25) is 4.38 Å². The maximum absolute atomic E-state index is 5.74. The van der Waals surface area contributed by atoms with Gasteiger partial charge in [-0.15, -0.1) is 0 Å². The van der Waals surface area contributed by atoms with Crippen LogP contribution >= 0.6 is 24.0 Å². The van der Waals surface area contributed by atoms with E-state index in [1.807, 2.05) is 20.8 Å². The highest BCUT2D eigenvalue weighted by Crippen LogP contribution is 2.25. The number of hydrogen-bond acceptors (Lipinski definition) is 5. The number of unbranched alkanes of at least 4 members (excludes halogenated alkanes) is 1. The van der Waals surface area contributed by atoms with E-state index in [4.69, 9.17) is 26.4 Å². The lowest BCUT2D eigenvalue weighted by Gasteiger charge is -2.16. The molecule has 5 heteroatoms. The summed E-state index contributed by atoms with van der Waals surface area (Å²) >= 11 is 6.66. The number of ether oxygens (including phenoxy) is 3. The zero-order chi connectivity index (χ0) is 12.7. The molecule has 0 aromatic rings. The van der Waals surface area contributed by atoms with Crippen LogP contribution in [0.5, 0.6) is 0 Å². The molecule has 0 aliphatic carbocycles. The summed E-state index contributed by atoms with van der Waals surface area (Å²) in [6.07, 6.45) is 3.60. The number of thioether (sulfide) groups is 1. The Labute approximate surface area is 114 Å². The third kappa shape index (κ3) is 6.60. The normalized spacial score (nSPS) is 22.6. The SMILES string of the molecule is CCOC(=S)SCCCCC1COC(C)(C)O1. The Hall–Kier alpha value is 0.160. The topological polar surface area (TPSA) is 27.7 Å². The van der Waals surface area contributed by atoms with Crippen molar-refractivity contribution < 1.29 is 14.2 Å². The smallest absolute Gasteiger partial charge is 0.219 e. The van der Waals surface area contributed by atoms with Gasteiger partial charge >= 0.3 is 0 Å². The second kappa shape index (κ2) is 7.56. The fourth-order valence-corrected chi connectivity index (χ4v) is 2.78. The van der Waals surface area contributed by atoms with Crippen molar-refractivity contribution in [1.29, 1.82) is 0 Å². The minimum Gasteiger partial charge on any atom is -0.479 e. The number of thiocarbonyl (C=S) groups is 1. The predicted molar refractivity (Wildman–Crippen MR) is 75.4 cm³/mol. The molecular weight excluding hydrogens is 256 g/mol. The Morgan fingerprint density at radius 2 is 2.24 bits per heavy atom. The first kappa shape index (κ1) is 15.2. The second-order valence-electron chi connectivity index (χ2n) is 4.48. The largest absolute Gasteiger partial charge is 0.479 e. The minimum atomic E-state index is -0.393. The lowest BCUT2D eigenvalue weighted by atomic mass is 10.2. The Morgan fingerprint density at radius 3 is 2.82 bits per heavy atom. The van der Waals surface area contributed by atoms with Crippen LogP contribution in [0.4, 0.5) is 0 Å². The van der Waals surface area contributed by atoms with Gasteiger partial charge in [0.15, 0.2) is 5.79 Å². The van der Waals surface area contributed by atoms with Gasteiger partial charge in [0, 0.05) is 5.75 Å². The molecule has 0 saturated carbocycles. The average Bonchev–Trinajstić information content (AvgIpc) is 2.58. The third-order valence-corrected chi connectivity index (χ3v) is 3.79. The first-order valence-electron chi connectivity index (χ1n) is 6.15. The van der Waals surface area contributed by atoms with Crippen LogP contribution in [0.3, 0.4) is 0 Å². The lowest BCUT2D eigenvalue weighted by Crippen LogP contribution is -2.21.